The van der Waals surface area contributed by atoms with Crippen LogP contribution in [-0.2, 0) is 10.8 Å². The van der Waals surface area contributed by atoms with Crippen molar-refractivity contribution >= 4 is 109 Å². The van der Waals surface area contributed by atoms with Crippen LogP contribution in [-0.4, -0.2) is 4.98 Å². The molecule has 15 aromatic rings. The first kappa shape index (κ1) is 49.5. The average molecular weight is 1100 g/mol. The van der Waals surface area contributed by atoms with Crippen LogP contribution in [0.25, 0.3) is 109 Å². The maximum Gasteiger partial charge on any atom is 0.195 e. The van der Waals surface area contributed by atoms with Crippen molar-refractivity contribution in [2.75, 3.05) is 9.80 Å². The maximum absolute atomic E-state index is 5.35. The van der Waals surface area contributed by atoms with Crippen LogP contribution in [0, 0.1) is 0 Å². The molecule has 4 heteroatoms. The second-order valence-electron chi connectivity index (χ2n) is 24.2. The van der Waals surface area contributed by atoms with Gasteiger partial charge in [0, 0.05) is 39.3 Å². The lowest BCUT2D eigenvalue weighted by atomic mass is 9.79. The normalized spacial score (nSPS) is 13.6. The second-order valence-corrected chi connectivity index (χ2v) is 25.2. The van der Waals surface area contributed by atoms with E-state index < -0.39 is 0 Å². The minimum Gasteiger partial charge on any atom is -0.310 e. The van der Waals surface area contributed by atoms with Gasteiger partial charge in [-0.15, -0.1) is 0 Å². The fourth-order valence-electron chi connectivity index (χ4n) is 14.7. The van der Waals surface area contributed by atoms with Gasteiger partial charge in [0.15, 0.2) is 5.13 Å². The lowest BCUT2D eigenvalue weighted by Gasteiger charge is -2.28. The van der Waals surface area contributed by atoms with E-state index >= 15 is 0 Å². The third-order valence-electron chi connectivity index (χ3n) is 18.8. The van der Waals surface area contributed by atoms with Crippen molar-refractivity contribution in [1.82, 2.24) is 4.98 Å². The molecule has 0 saturated carbocycles. The molecule has 0 fully saturated rings. The van der Waals surface area contributed by atoms with Crippen LogP contribution in [0.4, 0.5) is 33.6 Å². The summed E-state index contributed by atoms with van der Waals surface area (Å²) in [5.41, 5.74) is 21.4. The zero-order valence-electron chi connectivity index (χ0n) is 47.7. The van der Waals surface area contributed by atoms with E-state index in [-0.39, 0.29) is 10.8 Å². The second kappa shape index (κ2) is 18.7. The first-order chi connectivity index (χ1) is 41.7. The number of hydrogen-bond acceptors (Lipinski definition) is 4. The van der Waals surface area contributed by atoms with Crippen molar-refractivity contribution < 1.29 is 0 Å². The molecular weight excluding hydrogens is 1050 g/mol. The molecule has 0 saturated heterocycles. The Morgan fingerprint density at radius 1 is 0.294 bits per heavy atom. The summed E-state index contributed by atoms with van der Waals surface area (Å²) in [6.07, 6.45) is 0. The number of fused-ring (bicyclic) bond motifs is 14. The minimum absolute atomic E-state index is 0.248. The van der Waals surface area contributed by atoms with Crippen LogP contribution in [0.15, 0.2) is 273 Å². The smallest absolute Gasteiger partial charge is 0.195 e. The molecule has 0 N–H and O–H groups in total. The lowest BCUT2D eigenvalue weighted by Crippen LogP contribution is -2.15. The average Bonchev–Trinajstić information content (AvgIpc) is 1.80. The summed E-state index contributed by atoms with van der Waals surface area (Å²) in [4.78, 5) is 10.1. The highest BCUT2D eigenvalue weighted by Crippen LogP contribution is 2.57. The predicted octanol–water partition coefficient (Wildman–Crippen LogP) is 22.9. The Morgan fingerprint density at radius 2 is 0.741 bits per heavy atom. The molecule has 1 aromatic heterocycles. The zero-order chi connectivity index (χ0) is 56.7. The molecule has 1 heterocycles. The molecule has 2 aliphatic rings. The van der Waals surface area contributed by atoms with E-state index in [0.29, 0.717) is 0 Å². The Kier molecular flexibility index (Phi) is 10.9. The minimum atomic E-state index is -0.248. The molecule has 0 bridgehead atoms. The number of thiazole rings is 1. The Bertz CT molecular complexity index is 5230. The number of nitrogens with zero attached hydrogens (tertiary/aromatic N) is 3. The number of anilines is 6. The topological polar surface area (TPSA) is 19.4 Å². The van der Waals surface area contributed by atoms with E-state index in [9.17, 15) is 0 Å². The summed E-state index contributed by atoms with van der Waals surface area (Å²) >= 11 is 1.73. The van der Waals surface area contributed by atoms with Gasteiger partial charge >= 0.3 is 0 Å². The molecule has 2 aliphatic carbocycles. The summed E-state index contributed by atoms with van der Waals surface area (Å²) in [5, 5.41) is 13.2. The molecule has 402 valence electrons. The molecule has 0 atom stereocenters. The van der Waals surface area contributed by atoms with Gasteiger partial charge < -0.3 is 4.90 Å². The lowest BCUT2D eigenvalue weighted by molar-refractivity contribution is 0.661. The van der Waals surface area contributed by atoms with Gasteiger partial charge in [-0.05, 0) is 206 Å². The van der Waals surface area contributed by atoms with Crippen LogP contribution in [0.2, 0.25) is 0 Å². The van der Waals surface area contributed by atoms with Crippen molar-refractivity contribution in [2.45, 2.75) is 38.5 Å². The summed E-state index contributed by atoms with van der Waals surface area (Å²) in [7, 11) is 0. The summed E-state index contributed by atoms with van der Waals surface area (Å²) in [6, 6.07) is 102. The van der Waals surface area contributed by atoms with Crippen molar-refractivity contribution in [3.8, 4) is 44.5 Å². The van der Waals surface area contributed by atoms with E-state index in [1.54, 1.807) is 11.3 Å². The first-order valence-electron chi connectivity index (χ1n) is 29.6. The van der Waals surface area contributed by atoms with Gasteiger partial charge in [-0.25, -0.2) is 4.98 Å². The van der Waals surface area contributed by atoms with Gasteiger partial charge in [-0.3, -0.25) is 4.90 Å². The molecule has 3 nitrogen and oxygen atoms in total. The SMILES string of the molecule is CC1(C)c2cc(-c3c4ccc(N(c5ccccc5)c5nc6ccccc6s5)cc4c(-c4ccc5c(c4)C(C)(C)c4ccc6ccccc6c4-5)c4ccc(N(c5ccccc5)c5ccc6ccccc6c5)cc34)ccc2-c2c1ccc1ccccc21. The van der Waals surface area contributed by atoms with Gasteiger partial charge in [0.2, 0.25) is 0 Å². The standard InChI is InChI=1S/C81H57N3S/c1-80(2)69-43-34-51-20-13-15-27-61(51)77(69)65-39-32-54(46-71(65)80)75-64-42-38-60(84(57-25-9-6-10-26-57)79-82-73-29-17-18-30-74(73)85-79)49-68(64)76(55-33-40-66-72(47-55)81(3,4)70-44-35-52-21-14-16-28-62(52)78(66)70)63-41-37-59(48-67(63)75)83(56-23-7-5-8-24-56)58-36-31-50-19-11-12-22-53(50)45-58/h5-49H,1-4H3. The van der Waals surface area contributed by atoms with Crippen molar-refractivity contribution in [3.63, 3.8) is 0 Å². The van der Waals surface area contributed by atoms with E-state index in [1.165, 1.54) is 121 Å². The summed E-state index contributed by atoms with van der Waals surface area (Å²) < 4.78 is 1.15. The largest absolute Gasteiger partial charge is 0.310 e. The highest BCUT2D eigenvalue weighted by molar-refractivity contribution is 7.22. The summed E-state index contributed by atoms with van der Waals surface area (Å²) in [5.74, 6) is 0. The molecule has 85 heavy (non-hydrogen) atoms. The highest BCUT2D eigenvalue weighted by atomic mass is 32.1. The van der Waals surface area contributed by atoms with Gasteiger partial charge in [0.1, 0.15) is 0 Å². The van der Waals surface area contributed by atoms with Crippen molar-refractivity contribution in [2.24, 2.45) is 0 Å². The van der Waals surface area contributed by atoms with Gasteiger partial charge in [-0.1, -0.05) is 227 Å². The van der Waals surface area contributed by atoms with E-state index in [1.807, 2.05) is 0 Å². The molecule has 17 rings (SSSR count). The van der Waals surface area contributed by atoms with Gasteiger partial charge in [0.05, 0.1) is 10.2 Å². The van der Waals surface area contributed by atoms with Gasteiger partial charge in [-0.2, -0.15) is 0 Å². The van der Waals surface area contributed by atoms with Crippen molar-refractivity contribution in [1.29, 1.82) is 0 Å². The number of rotatable bonds is 8. The molecule has 14 aromatic carbocycles. The number of aromatic nitrogens is 1. The predicted molar refractivity (Wildman–Crippen MR) is 363 cm³/mol. The van der Waals surface area contributed by atoms with E-state index in [2.05, 4.69) is 310 Å². The first-order valence-corrected chi connectivity index (χ1v) is 30.4. The number of benzene rings is 14. The zero-order valence-corrected chi connectivity index (χ0v) is 48.5. The molecule has 0 aliphatic heterocycles. The third kappa shape index (κ3) is 7.55. The van der Waals surface area contributed by atoms with Crippen LogP contribution in [0.5, 0.6) is 0 Å². The van der Waals surface area contributed by atoms with Crippen LogP contribution in [0.1, 0.15) is 49.9 Å². The highest BCUT2D eigenvalue weighted by Gasteiger charge is 2.39. The van der Waals surface area contributed by atoms with Crippen LogP contribution in [0.3, 0.4) is 0 Å². The number of para-hydroxylation sites is 3. The number of hydrogen-bond donors (Lipinski definition) is 0. The monoisotopic (exact) mass is 1100 g/mol. The molecule has 0 amide bonds. The maximum atomic E-state index is 5.35. The Balaban J connectivity index is 0.984. The summed E-state index contributed by atoms with van der Waals surface area (Å²) in [6.45, 7) is 9.66. The molecular formula is C81H57N3S. The molecule has 0 spiro atoms. The fraction of sp³-hybridized carbons (Fsp3) is 0.0741. The molecule has 0 radical (unpaired) electrons. The van der Waals surface area contributed by atoms with Crippen molar-refractivity contribution in [3.05, 3.63) is 295 Å². The van der Waals surface area contributed by atoms with Crippen LogP contribution >= 0.6 is 11.3 Å². The van der Waals surface area contributed by atoms with E-state index in [0.717, 1.165) is 43.8 Å². The van der Waals surface area contributed by atoms with E-state index in [4.69, 9.17) is 4.98 Å². The van der Waals surface area contributed by atoms with Crippen LogP contribution < -0.4 is 9.80 Å². The Hall–Kier alpha value is -10.1. The Morgan fingerprint density at radius 3 is 1.31 bits per heavy atom. The molecule has 0 unspecified atom stereocenters. The Labute approximate surface area is 499 Å². The van der Waals surface area contributed by atoms with Gasteiger partial charge in [0.25, 0.3) is 0 Å². The third-order valence-corrected chi connectivity index (χ3v) is 19.8. The fourth-order valence-corrected chi connectivity index (χ4v) is 15.7. The quantitative estimate of drug-likeness (QED) is 0.141.